The summed E-state index contributed by atoms with van der Waals surface area (Å²) in [5.74, 6) is 2.40. The number of benzene rings is 1. The van der Waals surface area contributed by atoms with Crippen molar-refractivity contribution >= 4 is 11.8 Å². The van der Waals surface area contributed by atoms with Gasteiger partial charge in [0, 0.05) is 36.7 Å². The molecule has 1 heterocycles. The molecule has 16 heavy (non-hydrogen) atoms. The number of rotatable bonds is 3. The SMILES string of the molecule is CC(c1ccccc1)N1CCSCC1CN. The smallest absolute Gasteiger partial charge is 0.0324 e. The van der Waals surface area contributed by atoms with Crippen molar-refractivity contribution in [2.45, 2.75) is 19.0 Å². The molecule has 2 atom stereocenters. The van der Waals surface area contributed by atoms with Gasteiger partial charge in [0.1, 0.15) is 0 Å². The van der Waals surface area contributed by atoms with Crippen LogP contribution in [0.5, 0.6) is 0 Å². The molecule has 0 amide bonds. The summed E-state index contributed by atoms with van der Waals surface area (Å²) in [5, 5.41) is 0. The monoisotopic (exact) mass is 236 g/mol. The molecule has 0 spiro atoms. The van der Waals surface area contributed by atoms with Crippen molar-refractivity contribution in [3.05, 3.63) is 35.9 Å². The minimum atomic E-state index is 0.482. The van der Waals surface area contributed by atoms with Gasteiger partial charge in [-0.3, -0.25) is 4.90 Å². The summed E-state index contributed by atoms with van der Waals surface area (Å²) in [6.07, 6.45) is 0. The van der Waals surface area contributed by atoms with Gasteiger partial charge in [-0.05, 0) is 12.5 Å². The maximum absolute atomic E-state index is 5.85. The fourth-order valence-corrected chi connectivity index (χ4v) is 3.41. The highest BCUT2D eigenvalue weighted by Crippen LogP contribution is 2.26. The highest BCUT2D eigenvalue weighted by Gasteiger charge is 2.26. The van der Waals surface area contributed by atoms with Gasteiger partial charge in [0.25, 0.3) is 0 Å². The average Bonchev–Trinajstić information content (AvgIpc) is 2.39. The van der Waals surface area contributed by atoms with Gasteiger partial charge in [-0.1, -0.05) is 30.3 Å². The summed E-state index contributed by atoms with van der Waals surface area (Å²) in [6, 6.07) is 11.7. The lowest BCUT2D eigenvalue weighted by molar-refractivity contribution is 0.166. The topological polar surface area (TPSA) is 29.3 Å². The lowest BCUT2D eigenvalue weighted by Gasteiger charge is -2.39. The molecular formula is C13H20N2S. The first-order valence-corrected chi connectivity index (χ1v) is 7.07. The van der Waals surface area contributed by atoms with Gasteiger partial charge in [-0.2, -0.15) is 11.8 Å². The first-order chi connectivity index (χ1) is 7.83. The van der Waals surface area contributed by atoms with Crippen molar-refractivity contribution in [3.8, 4) is 0 Å². The molecule has 88 valence electrons. The molecule has 1 aromatic carbocycles. The van der Waals surface area contributed by atoms with Crippen LogP contribution in [0.3, 0.4) is 0 Å². The standard InChI is InChI=1S/C13H20N2S/c1-11(12-5-3-2-4-6-12)15-7-8-16-10-13(15)9-14/h2-6,11,13H,7-10,14H2,1H3. The molecule has 1 aliphatic heterocycles. The normalized spacial score (nSPS) is 24.2. The van der Waals surface area contributed by atoms with E-state index in [-0.39, 0.29) is 0 Å². The largest absolute Gasteiger partial charge is 0.329 e. The van der Waals surface area contributed by atoms with Crippen LogP contribution < -0.4 is 5.73 Å². The fraction of sp³-hybridized carbons (Fsp3) is 0.538. The molecule has 0 aliphatic carbocycles. The van der Waals surface area contributed by atoms with E-state index in [1.165, 1.54) is 17.1 Å². The Bertz CT molecular complexity index is 315. The molecule has 1 fully saturated rings. The van der Waals surface area contributed by atoms with Crippen LogP contribution in [-0.4, -0.2) is 35.5 Å². The lowest BCUT2D eigenvalue weighted by atomic mass is 10.1. The summed E-state index contributed by atoms with van der Waals surface area (Å²) >= 11 is 2.02. The van der Waals surface area contributed by atoms with Gasteiger partial charge >= 0.3 is 0 Å². The number of nitrogens with two attached hydrogens (primary N) is 1. The molecule has 2 rings (SSSR count). The first kappa shape index (κ1) is 12.0. The van der Waals surface area contributed by atoms with Crippen molar-refractivity contribution in [2.24, 2.45) is 5.73 Å². The van der Waals surface area contributed by atoms with E-state index in [1.54, 1.807) is 0 Å². The van der Waals surface area contributed by atoms with Gasteiger partial charge in [-0.15, -0.1) is 0 Å². The van der Waals surface area contributed by atoms with Crippen molar-refractivity contribution < 1.29 is 0 Å². The molecule has 3 heteroatoms. The van der Waals surface area contributed by atoms with Crippen molar-refractivity contribution in [3.63, 3.8) is 0 Å². The lowest BCUT2D eigenvalue weighted by Crippen LogP contribution is -2.47. The maximum atomic E-state index is 5.85. The molecular weight excluding hydrogens is 216 g/mol. The Balaban J connectivity index is 2.10. The fourth-order valence-electron chi connectivity index (χ4n) is 2.30. The summed E-state index contributed by atoms with van der Waals surface area (Å²) in [5.41, 5.74) is 7.25. The van der Waals surface area contributed by atoms with Crippen LogP contribution in [0.2, 0.25) is 0 Å². The molecule has 0 saturated carbocycles. The van der Waals surface area contributed by atoms with E-state index < -0.39 is 0 Å². The quantitative estimate of drug-likeness (QED) is 0.871. The van der Waals surface area contributed by atoms with E-state index in [0.29, 0.717) is 12.1 Å². The van der Waals surface area contributed by atoms with Crippen LogP contribution in [0.1, 0.15) is 18.5 Å². The van der Waals surface area contributed by atoms with Crippen molar-refractivity contribution in [1.82, 2.24) is 4.90 Å². The van der Waals surface area contributed by atoms with E-state index in [4.69, 9.17) is 5.73 Å². The van der Waals surface area contributed by atoms with Crippen LogP contribution in [0.15, 0.2) is 30.3 Å². The Hall–Kier alpha value is -0.510. The van der Waals surface area contributed by atoms with Gasteiger partial charge in [0.15, 0.2) is 0 Å². The van der Waals surface area contributed by atoms with Crippen LogP contribution in [0.4, 0.5) is 0 Å². The predicted molar refractivity (Wildman–Crippen MR) is 71.7 cm³/mol. The van der Waals surface area contributed by atoms with Crippen LogP contribution in [0, 0.1) is 0 Å². The second-order valence-electron chi connectivity index (χ2n) is 4.29. The second-order valence-corrected chi connectivity index (χ2v) is 5.44. The summed E-state index contributed by atoms with van der Waals surface area (Å²) < 4.78 is 0. The maximum Gasteiger partial charge on any atom is 0.0324 e. The van der Waals surface area contributed by atoms with Crippen molar-refractivity contribution in [1.29, 1.82) is 0 Å². The van der Waals surface area contributed by atoms with E-state index in [0.717, 1.165) is 13.1 Å². The third-order valence-corrected chi connectivity index (χ3v) is 4.42. The Morgan fingerprint density at radius 1 is 1.44 bits per heavy atom. The van der Waals surface area contributed by atoms with E-state index in [9.17, 15) is 0 Å². The number of nitrogens with zero attached hydrogens (tertiary/aromatic N) is 1. The van der Waals surface area contributed by atoms with Crippen LogP contribution in [-0.2, 0) is 0 Å². The number of thioether (sulfide) groups is 1. The summed E-state index contributed by atoms with van der Waals surface area (Å²) in [6.45, 7) is 4.21. The third-order valence-electron chi connectivity index (χ3n) is 3.32. The van der Waals surface area contributed by atoms with Crippen LogP contribution >= 0.6 is 11.8 Å². The van der Waals surface area contributed by atoms with Crippen molar-refractivity contribution in [2.75, 3.05) is 24.6 Å². The third kappa shape index (κ3) is 2.59. The van der Waals surface area contributed by atoms with Gasteiger partial charge in [0.2, 0.25) is 0 Å². The molecule has 2 N–H and O–H groups in total. The molecule has 1 aromatic rings. The van der Waals surface area contributed by atoms with E-state index in [2.05, 4.69) is 42.2 Å². The zero-order valence-electron chi connectivity index (χ0n) is 9.80. The highest BCUT2D eigenvalue weighted by atomic mass is 32.2. The molecule has 0 aromatic heterocycles. The second kappa shape index (κ2) is 5.71. The summed E-state index contributed by atoms with van der Waals surface area (Å²) in [7, 11) is 0. The van der Waals surface area contributed by atoms with E-state index >= 15 is 0 Å². The van der Waals surface area contributed by atoms with Crippen LogP contribution in [0.25, 0.3) is 0 Å². The Labute approximate surface area is 102 Å². The first-order valence-electron chi connectivity index (χ1n) is 5.91. The Kier molecular flexibility index (Phi) is 4.27. The number of hydrogen-bond donors (Lipinski definition) is 1. The zero-order valence-corrected chi connectivity index (χ0v) is 10.6. The van der Waals surface area contributed by atoms with Gasteiger partial charge in [0.05, 0.1) is 0 Å². The minimum Gasteiger partial charge on any atom is -0.329 e. The molecule has 1 saturated heterocycles. The Morgan fingerprint density at radius 2 is 2.19 bits per heavy atom. The zero-order chi connectivity index (χ0) is 11.4. The molecule has 2 nitrogen and oxygen atoms in total. The predicted octanol–water partition coefficient (Wildman–Crippen LogP) is 2.12. The molecule has 0 radical (unpaired) electrons. The molecule has 2 unspecified atom stereocenters. The minimum absolute atomic E-state index is 0.482. The average molecular weight is 236 g/mol. The Morgan fingerprint density at radius 3 is 2.88 bits per heavy atom. The molecule has 1 aliphatic rings. The summed E-state index contributed by atoms with van der Waals surface area (Å²) in [4.78, 5) is 2.55. The molecule has 0 bridgehead atoms. The van der Waals surface area contributed by atoms with Gasteiger partial charge in [-0.25, -0.2) is 0 Å². The van der Waals surface area contributed by atoms with Gasteiger partial charge < -0.3 is 5.73 Å². The highest BCUT2D eigenvalue weighted by molar-refractivity contribution is 7.99. The van der Waals surface area contributed by atoms with E-state index in [1.807, 2.05) is 11.8 Å². The number of hydrogen-bond acceptors (Lipinski definition) is 3.